The number of fused-ring (bicyclic) bond motifs is 1. The third-order valence-electron chi connectivity index (χ3n) is 2.81. The van der Waals surface area contributed by atoms with Gasteiger partial charge in [0.1, 0.15) is 23.7 Å². The number of aromatic amines is 1. The molecule has 33 heavy (non-hydrogen) atoms. The number of nitrogen functional groups attached to an aromatic ring is 1. The number of anilines is 1. The van der Waals surface area contributed by atoms with E-state index in [0.29, 0.717) is 29.1 Å². The number of nitrogens with two attached hydrogens (primary N) is 1. The van der Waals surface area contributed by atoms with Gasteiger partial charge in [0.2, 0.25) is 0 Å². The number of nitrogens with one attached hydrogen (secondary N) is 1. The van der Waals surface area contributed by atoms with Crippen LogP contribution in [0, 0.1) is 6.92 Å². The monoisotopic (exact) mass is 541 g/mol. The van der Waals surface area contributed by atoms with Gasteiger partial charge in [-0.1, -0.05) is 0 Å². The van der Waals surface area contributed by atoms with Gasteiger partial charge in [-0.05, 0) is 6.92 Å². The zero-order valence-electron chi connectivity index (χ0n) is 16.5. The van der Waals surface area contributed by atoms with E-state index in [2.05, 4.69) is 28.6 Å². The van der Waals surface area contributed by atoms with Gasteiger partial charge in [-0.3, -0.25) is 0 Å². The van der Waals surface area contributed by atoms with Crippen LogP contribution in [0.5, 0.6) is 0 Å². The fourth-order valence-corrected chi connectivity index (χ4v) is 4.17. The van der Waals surface area contributed by atoms with Crippen LogP contribution < -0.4 is 5.73 Å². The molecule has 2 rings (SSSR count). The number of rotatable bonds is 8. The largest absolute Gasteiger partial charge is 0.490 e. The minimum Gasteiger partial charge on any atom is -0.394 e. The number of phosphoric acid groups is 3. The standard InChI is InChI=1S/C6H7N5.C5H10O4.H5O10P3/c1-3-10-5(7)4-6(11-3)9-2-8-4;6-2-1-4(8)5(9)3-7;1-11(2,3)9-13(7,8)10-12(4,5)6/h2H,1H3,(H3,7,8,9,10,11);2,4-5,7-9H,1,3H2;(H,7,8)(H2,1,2,3)(H2,4,5,6). The number of carbonyl (C=O) groups excluding carboxylic acids is 1. The summed E-state index contributed by atoms with van der Waals surface area (Å²) in [4.78, 5) is 64.7. The molecule has 0 aliphatic heterocycles. The first kappa shape index (κ1) is 31.3. The average Bonchev–Trinajstić information content (AvgIpc) is 3.06. The van der Waals surface area contributed by atoms with Crippen molar-refractivity contribution in [3.05, 3.63) is 12.2 Å². The molecule has 19 nitrogen and oxygen atoms in total. The highest BCUT2D eigenvalue weighted by atomic mass is 31.3. The Labute approximate surface area is 184 Å². The molecule has 11 N–H and O–H groups in total. The summed E-state index contributed by atoms with van der Waals surface area (Å²) in [5.74, 6) is 1.09. The van der Waals surface area contributed by atoms with E-state index in [1.165, 1.54) is 0 Å². The zero-order chi connectivity index (χ0) is 26.0. The lowest BCUT2D eigenvalue weighted by Gasteiger charge is -2.11. The molecule has 2 atom stereocenters. The highest BCUT2D eigenvalue weighted by molar-refractivity contribution is 7.66. The van der Waals surface area contributed by atoms with Crippen molar-refractivity contribution in [1.29, 1.82) is 0 Å². The number of aryl methyl sites for hydroxylation is 1. The first-order chi connectivity index (χ1) is 14.9. The molecule has 190 valence electrons. The number of hydrogen-bond acceptors (Lipinski definition) is 13. The Morgan fingerprint density at radius 2 is 1.58 bits per heavy atom. The second-order valence-electron chi connectivity index (χ2n) is 5.59. The molecule has 2 aromatic heterocycles. The zero-order valence-corrected chi connectivity index (χ0v) is 19.2. The highest BCUT2D eigenvalue weighted by Crippen LogP contribution is 2.64. The second-order valence-corrected chi connectivity index (χ2v) is 9.80. The summed E-state index contributed by atoms with van der Waals surface area (Å²) in [6.07, 6.45) is -0.428. The first-order valence-corrected chi connectivity index (χ1v) is 12.7. The van der Waals surface area contributed by atoms with Crippen LogP contribution in [0.25, 0.3) is 11.2 Å². The van der Waals surface area contributed by atoms with E-state index >= 15 is 0 Å². The average molecular weight is 541 g/mol. The van der Waals surface area contributed by atoms with Crippen molar-refractivity contribution in [2.24, 2.45) is 0 Å². The summed E-state index contributed by atoms with van der Waals surface area (Å²) in [7, 11) is -16.2. The summed E-state index contributed by atoms with van der Waals surface area (Å²) in [6, 6.07) is 0. The normalized spacial score (nSPS) is 13.8. The maximum Gasteiger partial charge on any atom is 0.490 e. The summed E-state index contributed by atoms with van der Waals surface area (Å²) in [5, 5.41) is 25.5. The quantitative estimate of drug-likeness (QED) is 0.126. The van der Waals surface area contributed by atoms with E-state index in [1.54, 1.807) is 13.3 Å². The molecule has 0 saturated heterocycles. The summed E-state index contributed by atoms with van der Waals surface area (Å²) >= 11 is 0. The lowest BCUT2D eigenvalue weighted by atomic mass is 10.2. The number of aromatic nitrogens is 4. The Morgan fingerprint density at radius 1 is 1.06 bits per heavy atom. The van der Waals surface area contributed by atoms with Crippen LogP contribution in [0.15, 0.2) is 6.33 Å². The number of H-pyrrole nitrogens is 1. The fraction of sp³-hybridized carbons (Fsp3) is 0.455. The second kappa shape index (κ2) is 13.3. The lowest BCUT2D eigenvalue weighted by Crippen LogP contribution is -2.29. The van der Waals surface area contributed by atoms with E-state index in [-0.39, 0.29) is 6.42 Å². The van der Waals surface area contributed by atoms with Crippen LogP contribution in [-0.4, -0.2) is 84.8 Å². The van der Waals surface area contributed by atoms with Gasteiger partial charge < -0.3 is 55.3 Å². The molecule has 2 heterocycles. The Balaban J connectivity index is 0.000000473. The molecule has 0 aliphatic carbocycles. The molecule has 2 aromatic rings. The predicted octanol–water partition coefficient (Wildman–Crippen LogP) is -2.16. The third-order valence-corrected chi connectivity index (χ3v) is 6.17. The van der Waals surface area contributed by atoms with Gasteiger partial charge in [0.25, 0.3) is 0 Å². The summed E-state index contributed by atoms with van der Waals surface area (Å²) in [6.45, 7) is 1.26. The van der Waals surface area contributed by atoms with E-state index in [4.69, 9.17) is 45.5 Å². The van der Waals surface area contributed by atoms with Crippen molar-refractivity contribution in [2.75, 3.05) is 12.3 Å². The maximum atomic E-state index is 10.4. The molecule has 0 bridgehead atoms. The van der Waals surface area contributed by atoms with Crippen LogP contribution in [0.1, 0.15) is 12.2 Å². The molecular weight excluding hydrogens is 519 g/mol. The number of aliphatic hydroxyl groups is 3. The SMILES string of the molecule is Cc1nc(N)c2[nH]cnc2n1.O=CCC(O)C(O)CO.O=P(O)(O)OP(=O)(O)OP(=O)(O)O. The molecule has 0 fully saturated rings. The molecule has 0 saturated carbocycles. The van der Waals surface area contributed by atoms with Crippen molar-refractivity contribution in [3.63, 3.8) is 0 Å². The van der Waals surface area contributed by atoms with Gasteiger partial charge in [-0.2, -0.15) is 8.62 Å². The molecule has 0 amide bonds. The van der Waals surface area contributed by atoms with Gasteiger partial charge in [-0.25, -0.2) is 28.6 Å². The highest BCUT2D eigenvalue weighted by Gasteiger charge is 2.38. The number of hydrogen-bond donors (Lipinski definition) is 10. The number of imidazole rings is 1. The van der Waals surface area contributed by atoms with Crippen molar-refractivity contribution < 1.29 is 66.9 Å². The minimum atomic E-state index is -5.46. The lowest BCUT2D eigenvalue weighted by molar-refractivity contribution is -0.111. The molecule has 0 aliphatic rings. The van der Waals surface area contributed by atoms with Gasteiger partial charge in [0, 0.05) is 6.42 Å². The van der Waals surface area contributed by atoms with Gasteiger partial charge in [0.05, 0.1) is 19.0 Å². The van der Waals surface area contributed by atoms with Crippen LogP contribution in [0.3, 0.4) is 0 Å². The summed E-state index contributed by atoms with van der Waals surface area (Å²) in [5.41, 5.74) is 6.90. The predicted molar refractivity (Wildman–Crippen MR) is 107 cm³/mol. The van der Waals surface area contributed by atoms with Crippen molar-refractivity contribution in [3.8, 4) is 0 Å². The van der Waals surface area contributed by atoms with E-state index in [0.717, 1.165) is 0 Å². The van der Waals surface area contributed by atoms with E-state index in [9.17, 15) is 18.5 Å². The molecule has 0 aromatic carbocycles. The van der Waals surface area contributed by atoms with Crippen molar-refractivity contribution in [1.82, 2.24) is 19.9 Å². The van der Waals surface area contributed by atoms with Crippen molar-refractivity contribution in [2.45, 2.75) is 25.6 Å². The Bertz CT molecular complexity index is 1010. The molecule has 0 spiro atoms. The maximum absolute atomic E-state index is 10.4. The number of aliphatic hydroxyl groups excluding tert-OH is 3. The molecule has 22 heteroatoms. The van der Waals surface area contributed by atoms with Crippen LogP contribution in [-0.2, 0) is 27.1 Å². The van der Waals surface area contributed by atoms with E-state index < -0.39 is 42.3 Å². The number of carbonyl (C=O) groups is 1. The van der Waals surface area contributed by atoms with Gasteiger partial charge in [-0.15, -0.1) is 0 Å². The smallest absolute Gasteiger partial charge is 0.394 e. The Kier molecular flexibility index (Phi) is 12.6. The first-order valence-electron chi connectivity index (χ1n) is 8.11. The summed E-state index contributed by atoms with van der Waals surface area (Å²) < 4.78 is 36.4. The van der Waals surface area contributed by atoms with Crippen LogP contribution in [0.4, 0.5) is 5.82 Å². The minimum absolute atomic E-state index is 0.137. The van der Waals surface area contributed by atoms with Crippen LogP contribution in [0.2, 0.25) is 0 Å². The van der Waals surface area contributed by atoms with Crippen molar-refractivity contribution >= 4 is 46.7 Å². The number of aldehydes is 1. The third kappa shape index (κ3) is 14.2. The van der Waals surface area contributed by atoms with E-state index in [1.807, 2.05) is 0 Å². The molecule has 0 radical (unpaired) electrons. The number of nitrogens with zero attached hydrogens (tertiary/aromatic N) is 3. The van der Waals surface area contributed by atoms with Gasteiger partial charge in [0.15, 0.2) is 11.5 Å². The van der Waals surface area contributed by atoms with Crippen LogP contribution >= 0.6 is 23.5 Å². The van der Waals surface area contributed by atoms with Gasteiger partial charge >= 0.3 is 23.5 Å². The molecular formula is C11H22N5O14P3. The fourth-order valence-electron chi connectivity index (χ4n) is 1.63. The topological polar surface area (TPSA) is 329 Å². The molecule has 2 unspecified atom stereocenters. The Morgan fingerprint density at radius 3 is 2.00 bits per heavy atom. The Hall–Kier alpha value is -1.69.